The number of halogens is 5. The number of anilines is 1. The van der Waals surface area contributed by atoms with Gasteiger partial charge in [0.15, 0.2) is 11.5 Å². The number of hydrogen-bond acceptors (Lipinski definition) is 5. The first-order valence-electron chi connectivity index (χ1n) is 11.5. The number of pyridine rings is 1. The molecule has 1 saturated heterocycles. The standard InChI is InChI=1S/C25H21ClF4N6/c26-19-15(4-7-32-21(19)25(28,29)30)22-34-13-18-23(33-8-11-36(18)22)35-9-5-24(6-10-35)12-16-14(20(24)31)2-1-3-17(16)27/h1-4,7-8,11,13,20H,5-6,9-10,12,31H2. The van der Waals surface area contributed by atoms with E-state index in [9.17, 15) is 17.6 Å². The molecular formula is C25H21ClF4N6. The molecule has 11 heteroatoms. The lowest BCUT2D eigenvalue weighted by Crippen LogP contribution is -2.44. The van der Waals surface area contributed by atoms with Crippen LogP contribution in [0.5, 0.6) is 0 Å². The molecule has 6 nitrogen and oxygen atoms in total. The third-order valence-electron chi connectivity index (χ3n) is 7.57. The quantitative estimate of drug-likeness (QED) is 0.359. The molecule has 1 aromatic carbocycles. The van der Waals surface area contributed by atoms with Crippen LogP contribution < -0.4 is 10.6 Å². The Balaban J connectivity index is 1.31. The van der Waals surface area contributed by atoms with Crippen LogP contribution in [0.2, 0.25) is 5.02 Å². The summed E-state index contributed by atoms with van der Waals surface area (Å²) in [6, 6.07) is 6.28. The van der Waals surface area contributed by atoms with Crippen LogP contribution >= 0.6 is 11.6 Å². The lowest BCUT2D eigenvalue weighted by Gasteiger charge is -2.42. The van der Waals surface area contributed by atoms with Gasteiger partial charge in [-0.1, -0.05) is 23.7 Å². The van der Waals surface area contributed by atoms with Crippen molar-refractivity contribution < 1.29 is 17.6 Å². The van der Waals surface area contributed by atoms with Crippen molar-refractivity contribution in [3.05, 3.63) is 76.7 Å². The highest BCUT2D eigenvalue weighted by Gasteiger charge is 2.47. The number of piperidine rings is 1. The molecule has 0 radical (unpaired) electrons. The molecule has 1 aliphatic carbocycles. The van der Waals surface area contributed by atoms with Crippen LogP contribution in [0.25, 0.3) is 16.9 Å². The van der Waals surface area contributed by atoms with Crippen LogP contribution in [-0.2, 0) is 12.6 Å². The van der Waals surface area contributed by atoms with Gasteiger partial charge in [-0.25, -0.2) is 14.4 Å². The van der Waals surface area contributed by atoms with E-state index < -0.39 is 16.9 Å². The number of rotatable bonds is 2. The zero-order chi connectivity index (χ0) is 25.2. The summed E-state index contributed by atoms with van der Waals surface area (Å²) >= 11 is 6.11. The van der Waals surface area contributed by atoms with Gasteiger partial charge in [0.1, 0.15) is 17.2 Å². The molecule has 4 heterocycles. The summed E-state index contributed by atoms with van der Waals surface area (Å²) in [5.74, 6) is 0.732. The van der Waals surface area contributed by atoms with Crippen LogP contribution in [-0.4, -0.2) is 32.4 Å². The molecule has 3 aromatic heterocycles. The molecule has 0 bridgehead atoms. The zero-order valence-electron chi connectivity index (χ0n) is 18.9. The number of nitrogens with zero attached hydrogens (tertiary/aromatic N) is 5. The summed E-state index contributed by atoms with van der Waals surface area (Å²) in [6.07, 6.45) is 3.34. The maximum Gasteiger partial charge on any atom is 0.434 e. The molecule has 2 aliphatic rings. The van der Waals surface area contributed by atoms with E-state index in [0.29, 0.717) is 36.4 Å². The van der Waals surface area contributed by atoms with Crippen molar-refractivity contribution in [3.63, 3.8) is 0 Å². The van der Waals surface area contributed by atoms with Crippen LogP contribution in [0.15, 0.2) is 49.1 Å². The van der Waals surface area contributed by atoms with Gasteiger partial charge in [0, 0.05) is 43.3 Å². The van der Waals surface area contributed by atoms with Crippen LogP contribution in [0.3, 0.4) is 0 Å². The second-order valence-electron chi connectivity index (χ2n) is 9.42. The number of hydrogen-bond donors (Lipinski definition) is 1. The second kappa shape index (κ2) is 8.14. The van der Waals surface area contributed by atoms with Gasteiger partial charge < -0.3 is 10.6 Å². The van der Waals surface area contributed by atoms with Crippen molar-refractivity contribution in [2.75, 3.05) is 18.0 Å². The first kappa shape index (κ1) is 23.2. The van der Waals surface area contributed by atoms with Gasteiger partial charge in [0.05, 0.1) is 11.2 Å². The summed E-state index contributed by atoms with van der Waals surface area (Å²) < 4.78 is 56.1. The average molecular weight is 517 g/mol. The lowest BCUT2D eigenvalue weighted by atomic mass is 9.73. The molecule has 186 valence electrons. The smallest absolute Gasteiger partial charge is 0.355 e. The molecule has 2 N–H and O–H groups in total. The van der Waals surface area contributed by atoms with Crippen LogP contribution in [0.1, 0.15) is 35.7 Å². The fourth-order valence-electron chi connectivity index (χ4n) is 5.67. The molecule has 36 heavy (non-hydrogen) atoms. The number of fused-ring (bicyclic) bond motifs is 2. The molecule has 6 rings (SSSR count). The van der Waals surface area contributed by atoms with E-state index >= 15 is 0 Å². The third-order valence-corrected chi connectivity index (χ3v) is 7.96. The lowest BCUT2D eigenvalue weighted by molar-refractivity contribution is -0.141. The van der Waals surface area contributed by atoms with Crippen molar-refractivity contribution in [2.45, 2.75) is 31.5 Å². The van der Waals surface area contributed by atoms with E-state index in [0.717, 1.165) is 24.6 Å². The van der Waals surface area contributed by atoms with E-state index in [1.165, 1.54) is 12.1 Å². The van der Waals surface area contributed by atoms with Gasteiger partial charge in [0.2, 0.25) is 0 Å². The largest absolute Gasteiger partial charge is 0.434 e. The van der Waals surface area contributed by atoms with E-state index in [1.807, 2.05) is 6.07 Å². The van der Waals surface area contributed by atoms with Gasteiger partial charge in [-0.2, -0.15) is 13.2 Å². The predicted octanol–water partition coefficient (Wildman–Crippen LogP) is 5.45. The van der Waals surface area contributed by atoms with Crippen molar-refractivity contribution in [2.24, 2.45) is 11.1 Å². The fourth-order valence-corrected chi connectivity index (χ4v) is 5.97. The highest BCUT2D eigenvalue weighted by atomic mass is 35.5. The van der Waals surface area contributed by atoms with E-state index in [2.05, 4.69) is 19.9 Å². The van der Waals surface area contributed by atoms with Crippen molar-refractivity contribution in [1.82, 2.24) is 19.4 Å². The molecular weight excluding hydrogens is 496 g/mol. The predicted molar refractivity (Wildman–Crippen MR) is 127 cm³/mol. The minimum absolute atomic E-state index is 0.130. The summed E-state index contributed by atoms with van der Waals surface area (Å²) in [5.41, 5.74) is 7.62. The second-order valence-corrected chi connectivity index (χ2v) is 9.80. The molecule has 1 aliphatic heterocycles. The number of imidazole rings is 1. The molecule has 1 spiro atoms. The minimum Gasteiger partial charge on any atom is -0.355 e. The molecule has 4 aromatic rings. The first-order valence-corrected chi connectivity index (χ1v) is 11.9. The molecule has 0 saturated carbocycles. The average Bonchev–Trinajstić information content (AvgIpc) is 3.40. The Bertz CT molecular complexity index is 1480. The summed E-state index contributed by atoms with van der Waals surface area (Å²) in [6.45, 7) is 1.31. The Morgan fingerprint density at radius 1 is 1.06 bits per heavy atom. The Hall–Kier alpha value is -3.24. The number of nitrogens with two attached hydrogens (primary N) is 1. The summed E-state index contributed by atoms with van der Waals surface area (Å²) in [5, 5.41) is -0.502. The normalized spacial score (nSPS) is 19.3. The Labute approximate surface area is 208 Å². The van der Waals surface area contributed by atoms with Gasteiger partial charge in [-0.3, -0.25) is 9.38 Å². The zero-order valence-corrected chi connectivity index (χ0v) is 19.7. The van der Waals surface area contributed by atoms with Crippen molar-refractivity contribution in [3.8, 4) is 11.4 Å². The van der Waals surface area contributed by atoms with E-state index in [-0.39, 0.29) is 28.7 Å². The fraction of sp³-hybridized carbons (Fsp3) is 0.320. The van der Waals surface area contributed by atoms with Gasteiger partial charge in [-0.15, -0.1) is 0 Å². The van der Waals surface area contributed by atoms with Crippen LogP contribution in [0, 0.1) is 11.2 Å². The highest BCUT2D eigenvalue weighted by Crippen LogP contribution is 2.51. The number of benzene rings is 1. The third kappa shape index (κ3) is 3.46. The number of aromatic nitrogens is 4. The maximum absolute atomic E-state index is 14.4. The van der Waals surface area contributed by atoms with Gasteiger partial charge in [-0.05, 0) is 47.9 Å². The molecule has 0 amide bonds. The summed E-state index contributed by atoms with van der Waals surface area (Å²) in [7, 11) is 0. The molecule has 1 fully saturated rings. The van der Waals surface area contributed by atoms with Crippen molar-refractivity contribution in [1.29, 1.82) is 0 Å². The first-order chi connectivity index (χ1) is 17.2. The van der Waals surface area contributed by atoms with Gasteiger partial charge >= 0.3 is 6.18 Å². The Morgan fingerprint density at radius 2 is 1.83 bits per heavy atom. The SMILES string of the molecule is NC1c2cccc(F)c2CC12CCN(c1nccn3c(-c4ccnc(C(F)(F)F)c4Cl)ncc13)CC2. The minimum atomic E-state index is -4.68. The topological polar surface area (TPSA) is 72.3 Å². The van der Waals surface area contributed by atoms with Crippen molar-refractivity contribution >= 4 is 22.9 Å². The van der Waals surface area contributed by atoms with E-state index in [4.69, 9.17) is 17.3 Å². The monoisotopic (exact) mass is 516 g/mol. The molecule has 1 atom stereocenters. The highest BCUT2D eigenvalue weighted by molar-refractivity contribution is 6.33. The Kier molecular flexibility index (Phi) is 5.24. The van der Waals surface area contributed by atoms with Gasteiger partial charge in [0.25, 0.3) is 0 Å². The number of alkyl halides is 3. The molecule has 1 unspecified atom stereocenters. The maximum atomic E-state index is 14.4. The Morgan fingerprint density at radius 3 is 2.56 bits per heavy atom. The summed E-state index contributed by atoms with van der Waals surface area (Å²) in [4.78, 5) is 14.5. The van der Waals surface area contributed by atoms with E-state index in [1.54, 1.807) is 29.1 Å². The van der Waals surface area contributed by atoms with Crippen LogP contribution in [0.4, 0.5) is 23.4 Å².